The van der Waals surface area contributed by atoms with E-state index in [1.165, 1.54) is 0 Å². The summed E-state index contributed by atoms with van der Waals surface area (Å²) in [5.74, 6) is 11.7. The number of amides is 4. The van der Waals surface area contributed by atoms with Gasteiger partial charge in [0.2, 0.25) is 0 Å². The van der Waals surface area contributed by atoms with Crippen molar-refractivity contribution >= 4 is 45.0 Å². The van der Waals surface area contributed by atoms with Crippen LogP contribution in [-0.4, -0.2) is 12.1 Å². The standard InChI is InChI=1S/C16H16N6O2/c17-15(23)21(19)13-11-7-3-1-5-9(11)10-6-2-4-8-12(10)14(13)22(20)16(18)24/h1-8H,19-20H2,(H2,17,23)(H2,18,24). The van der Waals surface area contributed by atoms with Crippen LogP contribution in [0.3, 0.4) is 0 Å². The van der Waals surface area contributed by atoms with Crippen LogP contribution in [0.5, 0.6) is 0 Å². The highest BCUT2D eigenvalue weighted by Crippen LogP contribution is 2.42. The van der Waals surface area contributed by atoms with Gasteiger partial charge in [-0.25, -0.2) is 31.3 Å². The number of nitrogens with zero attached hydrogens (tertiary/aromatic N) is 2. The largest absolute Gasteiger partial charge is 0.350 e. The van der Waals surface area contributed by atoms with E-state index in [1.54, 1.807) is 24.3 Å². The molecular weight excluding hydrogens is 308 g/mol. The fourth-order valence-electron chi connectivity index (χ4n) is 2.81. The van der Waals surface area contributed by atoms with Gasteiger partial charge >= 0.3 is 12.1 Å². The molecule has 0 radical (unpaired) electrons. The number of hydrazine groups is 2. The molecule has 0 aromatic heterocycles. The van der Waals surface area contributed by atoms with Gasteiger partial charge in [0.1, 0.15) is 0 Å². The number of hydrogen-bond acceptors (Lipinski definition) is 4. The lowest BCUT2D eigenvalue weighted by Crippen LogP contribution is -2.46. The quantitative estimate of drug-likeness (QED) is 0.186. The zero-order valence-electron chi connectivity index (χ0n) is 12.6. The molecule has 0 saturated carbocycles. The number of rotatable bonds is 2. The Labute approximate surface area is 137 Å². The van der Waals surface area contributed by atoms with Crippen molar-refractivity contribution in [2.24, 2.45) is 23.2 Å². The maximum absolute atomic E-state index is 11.7. The van der Waals surface area contributed by atoms with Crippen LogP contribution in [0.1, 0.15) is 0 Å². The Morgan fingerprint density at radius 1 is 0.625 bits per heavy atom. The zero-order chi connectivity index (χ0) is 17.4. The average molecular weight is 324 g/mol. The summed E-state index contributed by atoms with van der Waals surface area (Å²) in [5, 5.41) is 4.41. The van der Waals surface area contributed by atoms with Gasteiger partial charge in [0.15, 0.2) is 0 Å². The first-order chi connectivity index (χ1) is 11.4. The molecule has 3 rings (SSSR count). The Bertz CT molecular complexity index is 893. The van der Waals surface area contributed by atoms with Gasteiger partial charge in [-0.2, -0.15) is 0 Å². The Morgan fingerprint density at radius 3 is 1.21 bits per heavy atom. The lowest BCUT2D eigenvalue weighted by atomic mass is 9.97. The SMILES string of the molecule is NC(=O)N(N)c1c(N(N)C(N)=O)c2ccccc2c2ccccc12. The summed E-state index contributed by atoms with van der Waals surface area (Å²) in [6.07, 6.45) is 0. The monoisotopic (exact) mass is 324 g/mol. The molecule has 0 heterocycles. The van der Waals surface area contributed by atoms with Gasteiger partial charge in [-0.05, 0) is 10.8 Å². The van der Waals surface area contributed by atoms with E-state index >= 15 is 0 Å². The lowest BCUT2D eigenvalue weighted by Gasteiger charge is -2.26. The van der Waals surface area contributed by atoms with E-state index in [4.69, 9.17) is 23.2 Å². The van der Waals surface area contributed by atoms with Gasteiger partial charge in [0.05, 0.1) is 11.4 Å². The third-order valence-electron chi connectivity index (χ3n) is 3.84. The minimum Gasteiger partial charge on any atom is -0.350 e. The van der Waals surface area contributed by atoms with E-state index < -0.39 is 12.1 Å². The number of nitrogens with two attached hydrogens (primary N) is 4. The van der Waals surface area contributed by atoms with Gasteiger partial charge in [-0.15, -0.1) is 0 Å². The normalized spacial score (nSPS) is 10.8. The van der Waals surface area contributed by atoms with Crippen molar-refractivity contribution < 1.29 is 9.59 Å². The third kappa shape index (κ3) is 2.26. The fourth-order valence-corrected chi connectivity index (χ4v) is 2.81. The molecule has 0 unspecified atom stereocenters. The topological polar surface area (TPSA) is 145 Å². The molecule has 3 aromatic rings. The maximum Gasteiger partial charge on any atom is 0.333 e. The molecule has 24 heavy (non-hydrogen) atoms. The van der Waals surface area contributed by atoms with Crippen molar-refractivity contribution in [1.29, 1.82) is 0 Å². The maximum atomic E-state index is 11.7. The van der Waals surface area contributed by atoms with Crippen molar-refractivity contribution in [3.63, 3.8) is 0 Å². The molecule has 8 nitrogen and oxygen atoms in total. The van der Waals surface area contributed by atoms with Crippen LogP contribution < -0.4 is 33.2 Å². The number of carbonyl (C=O) groups is 2. The van der Waals surface area contributed by atoms with Gasteiger partial charge in [0.25, 0.3) is 0 Å². The summed E-state index contributed by atoms with van der Waals surface area (Å²) in [5.41, 5.74) is 11.1. The molecule has 8 heteroatoms. The molecule has 0 aliphatic heterocycles. The van der Waals surface area contributed by atoms with Crippen molar-refractivity contribution in [2.75, 3.05) is 10.0 Å². The van der Waals surface area contributed by atoms with Crippen molar-refractivity contribution in [3.05, 3.63) is 48.5 Å². The summed E-state index contributed by atoms with van der Waals surface area (Å²) < 4.78 is 0. The van der Waals surface area contributed by atoms with Gasteiger partial charge < -0.3 is 11.5 Å². The molecular formula is C16H16N6O2. The van der Waals surface area contributed by atoms with E-state index in [9.17, 15) is 9.59 Å². The Kier molecular flexibility index (Phi) is 3.68. The molecule has 0 spiro atoms. The van der Waals surface area contributed by atoms with E-state index in [0.717, 1.165) is 20.8 Å². The fraction of sp³-hybridized carbons (Fsp3) is 0. The number of primary amides is 2. The summed E-state index contributed by atoms with van der Waals surface area (Å²) in [6, 6.07) is 12.8. The first kappa shape index (κ1) is 15.5. The molecule has 0 atom stereocenters. The van der Waals surface area contributed by atoms with E-state index in [0.29, 0.717) is 10.8 Å². The summed E-state index contributed by atoms with van der Waals surface area (Å²) in [6.45, 7) is 0. The molecule has 0 aliphatic carbocycles. The third-order valence-corrected chi connectivity index (χ3v) is 3.84. The van der Waals surface area contributed by atoms with Gasteiger partial charge in [-0.3, -0.25) is 0 Å². The van der Waals surface area contributed by atoms with Gasteiger partial charge in [0, 0.05) is 10.8 Å². The van der Waals surface area contributed by atoms with Crippen molar-refractivity contribution in [1.82, 2.24) is 0 Å². The second kappa shape index (κ2) is 5.69. The van der Waals surface area contributed by atoms with Crippen LogP contribution in [-0.2, 0) is 0 Å². The summed E-state index contributed by atoms with van der Waals surface area (Å²) >= 11 is 0. The minimum atomic E-state index is -0.894. The summed E-state index contributed by atoms with van der Waals surface area (Å²) in [7, 11) is 0. The highest BCUT2D eigenvalue weighted by molar-refractivity contribution is 6.24. The number of fused-ring (bicyclic) bond motifs is 3. The molecule has 4 amide bonds. The summed E-state index contributed by atoms with van der Waals surface area (Å²) in [4.78, 5) is 23.3. The number of hydrogen-bond donors (Lipinski definition) is 4. The lowest BCUT2D eigenvalue weighted by molar-refractivity contribution is 0.252. The Balaban J connectivity index is 2.58. The first-order valence-electron chi connectivity index (χ1n) is 7.05. The van der Waals surface area contributed by atoms with Gasteiger partial charge in [-0.1, -0.05) is 48.5 Å². The highest BCUT2D eigenvalue weighted by atomic mass is 16.2. The average Bonchev–Trinajstić information content (AvgIpc) is 2.59. The smallest absolute Gasteiger partial charge is 0.333 e. The number of urea groups is 2. The molecule has 0 bridgehead atoms. The van der Waals surface area contributed by atoms with E-state index in [1.807, 2.05) is 24.3 Å². The van der Waals surface area contributed by atoms with Crippen molar-refractivity contribution in [2.45, 2.75) is 0 Å². The van der Waals surface area contributed by atoms with Crippen LogP contribution in [0.2, 0.25) is 0 Å². The second-order valence-corrected chi connectivity index (χ2v) is 5.20. The predicted molar refractivity (Wildman–Crippen MR) is 94.0 cm³/mol. The zero-order valence-corrected chi connectivity index (χ0v) is 12.6. The predicted octanol–water partition coefficient (Wildman–Crippen LogP) is 1.51. The second-order valence-electron chi connectivity index (χ2n) is 5.20. The molecule has 8 N–H and O–H groups in total. The van der Waals surface area contributed by atoms with Crippen LogP contribution >= 0.6 is 0 Å². The molecule has 0 aliphatic rings. The molecule has 122 valence electrons. The van der Waals surface area contributed by atoms with Crippen LogP contribution in [0.15, 0.2) is 48.5 Å². The van der Waals surface area contributed by atoms with Crippen molar-refractivity contribution in [3.8, 4) is 0 Å². The molecule has 3 aromatic carbocycles. The molecule has 0 fully saturated rings. The number of anilines is 2. The minimum absolute atomic E-state index is 0.207. The van der Waals surface area contributed by atoms with Crippen LogP contribution in [0.4, 0.5) is 21.0 Å². The van der Waals surface area contributed by atoms with E-state index in [2.05, 4.69) is 0 Å². The molecule has 0 saturated heterocycles. The Hall–Kier alpha value is -3.36. The first-order valence-corrected chi connectivity index (χ1v) is 7.05. The Morgan fingerprint density at radius 2 is 0.917 bits per heavy atom. The number of benzene rings is 3. The van der Waals surface area contributed by atoms with E-state index in [-0.39, 0.29) is 11.4 Å². The number of carbonyl (C=O) groups excluding carboxylic acids is 2. The highest BCUT2D eigenvalue weighted by Gasteiger charge is 2.24. The van der Waals surface area contributed by atoms with Crippen LogP contribution in [0.25, 0.3) is 21.5 Å². The van der Waals surface area contributed by atoms with Crippen LogP contribution in [0, 0.1) is 0 Å².